The van der Waals surface area contributed by atoms with Gasteiger partial charge < -0.3 is 14.9 Å². The lowest BCUT2D eigenvalue weighted by molar-refractivity contribution is -0.129. The van der Waals surface area contributed by atoms with E-state index in [1.165, 1.54) is 0 Å². The minimum Gasteiger partial charge on any atom is -0.396 e. The van der Waals surface area contributed by atoms with Crippen LogP contribution in [0.5, 0.6) is 0 Å². The lowest BCUT2D eigenvalue weighted by atomic mass is 10.2. The lowest BCUT2D eigenvalue weighted by Crippen LogP contribution is -2.16. The highest BCUT2D eigenvalue weighted by molar-refractivity contribution is 4.46. The molecular formula is C8H18O3. The van der Waals surface area contributed by atoms with Crippen LogP contribution in [0.2, 0.25) is 0 Å². The van der Waals surface area contributed by atoms with Crippen molar-refractivity contribution in [1.82, 2.24) is 0 Å². The van der Waals surface area contributed by atoms with Crippen LogP contribution >= 0.6 is 0 Å². The maximum absolute atomic E-state index is 9.14. The first-order chi connectivity index (χ1) is 5.16. The summed E-state index contributed by atoms with van der Waals surface area (Å²) in [6, 6.07) is 0. The maximum atomic E-state index is 9.14. The Bertz CT molecular complexity index is 83.4. The highest BCUT2D eigenvalue weighted by Crippen LogP contribution is 2.03. The van der Waals surface area contributed by atoms with E-state index in [4.69, 9.17) is 14.9 Å². The van der Waals surface area contributed by atoms with Crippen molar-refractivity contribution in [2.75, 3.05) is 6.61 Å². The van der Waals surface area contributed by atoms with Gasteiger partial charge in [-0.15, -0.1) is 0 Å². The van der Waals surface area contributed by atoms with Gasteiger partial charge in [-0.25, -0.2) is 0 Å². The molecule has 0 aliphatic rings. The summed E-state index contributed by atoms with van der Waals surface area (Å²) in [6.45, 7) is 3.96. The third-order valence-corrected chi connectivity index (χ3v) is 1.29. The molecule has 2 N–H and O–H groups in total. The van der Waals surface area contributed by atoms with Gasteiger partial charge in [0.25, 0.3) is 0 Å². The molecule has 0 saturated heterocycles. The third kappa shape index (κ3) is 7.78. The minimum absolute atomic E-state index is 0.0686. The molecule has 1 atom stereocenters. The van der Waals surface area contributed by atoms with Crippen molar-refractivity contribution in [3.8, 4) is 0 Å². The van der Waals surface area contributed by atoms with E-state index in [1.54, 1.807) is 0 Å². The molecule has 1 unspecified atom stereocenters. The first-order valence-corrected chi connectivity index (χ1v) is 4.11. The van der Waals surface area contributed by atoms with Crippen LogP contribution in [0.15, 0.2) is 0 Å². The normalized spacial score (nSPS) is 13.9. The molecule has 11 heavy (non-hydrogen) atoms. The van der Waals surface area contributed by atoms with Crippen molar-refractivity contribution < 1.29 is 14.9 Å². The Kier molecular flexibility index (Phi) is 6.51. The molecule has 3 nitrogen and oxygen atoms in total. The van der Waals surface area contributed by atoms with Gasteiger partial charge >= 0.3 is 0 Å². The minimum atomic E-state index is -0.665. The second kappa shape index (κ2) is 6.58. The second-order valence-electron chi connectivity index (χ2n) is 2.86. The van der Waals surface area contributed by atoms with Gasteiger partial charge in [-0.3, -0.25) is 0 Å². The second-order valence-corrected chi connectivity index (χ2v) is 2.86. The highest BCUT2D eigenvalue weighted by atomic mass is 16.6. The zero-order chi connectivity index (χ0) is 8.69. The first-order valence-electron chi connectivity index (χ1n) is 4.11. The van der Waals surface area contributed by atoms with Crippen molar-refractivity contribution in [3.05, 3.63) is 0 Å². The standard InChI is InChI=1S/C8H18O3/c1-7(2)11-8(10)5-3-4-6-9/h7-10H,3-6H2,1-2H3. The molecule has 0 radical (unpaired) electrons. The summed E-state index contributed by atoms with van der Waals surface area (Å²) >= 11 is 0. The molecule has 0 bridgehead atoms. The van der Waals surface area contributed by atoms with E-state index < -0.39 is 6.29 Å². The Labute approximate surface area is 68.0 Å². The van der Waals surface area contributed by atoms with Gasteiger partial charge in [0, 0.05) is 6.61 Å². The van der Waals surface area contributed by atoms with Gasteiger partial charge in [0.05, 0.1) is 6.10 Å². The van der Waals surface area contributed by atoms with E-state index in [0.717, 1.165) is 12.8 Å². The Hall–Kier alpha value is -0.120. The summed E-state index contributed by atoms with van der Waals surface area (Å²) in [6.07, 6.45) is 1.56. The molecule has 0 aromatic rings. The maximum Gasteiger partial charge on any atom is 0.154 e. The smallest absolute Gasteiger partial charge is 0.154 e. The molecule has 0 aromatic heterocycles. The van der Waals surface area contributed by atoms with Crippen LogP contribution in [-0.4, -0.2) is 29.2 Å². The van der Waals surface area contributed by atoms with Crippen molar-refractivity contribution in [3.63, 3.8) is 0 Å². The lowest BCUT2D eigenvalue weighted by Gasteiger charge is -2.13. The van der Waals surface area contributed by atoms with Crippen LogP contribution in [0.3, 0.4) is 0 Å². The average molecular weight is 162 g/mol. The summed E-state index contributed by atoms with van der Waals surface area (Å²) in [4.78, 5) is 0. The summed E-state index contributed by atoms with van der Waals surface area (Å²) in [5, 5.41) is 17.6. The van der Waals surface area contributed by atoms with Crippen LogP contribution in [0.25, 0.3) is 0 Å². The van der Waals surface area contributed by atoms with Crippen LogP contribution in [-0.2, 0) is 4.74 Å². The molecule has 0 aromatic carbocycles. The van der Waals surface area contributed by atoms with Crippen LogP contribution < -0.4 is 0 Å². The summed E-state index contributed by atoms with van der Waals surface area (Å²) in [7, 11) is 0. The number of rotatable bonds is 6. The predicted octanol–water partition coefficient (Wildman–Crippen LogP) is 0.892. The molecule has 3 heteroatoms. The van der Waals surface area contributed by atoms with Gasteiger partial charge in [-0.1, -0.05) is 0 Å². The quantitative estimate of drug-likeness (QED) is 0.450. The van der Waals surface area contributed by atoms with Gasteiger partial charge in [-0.05, 0) is 33.1 Å². The fourth-order valence-corrected chi connectivity index (χ4v) is 0.813. The zero-order valence-electron chi connectivity index (χ0n) is 7.29. The molecule has 0 aliphatic carbocycles. The Balaban J connectivity index is 3.15. The van der Waals surface area contributed by atoms with Crippen LogP contribution in [0.1, 0.15) is 33.1 Å². The third-order valence-electron chi connectivity index (χ3n) is 1.29. The molecule has 0 spiro atoms. The van der Waals surface area contributed by atoms with E-state index in [0.29, 0.717) is 6.42 Å². The summed E-state index contributed by atoms with van der Waals surface area (Å²) < 4.78 is 5.07. The summed E-state index contributed by atoms with van der Waals surface area (Å²) in [5.74, 6) is 0. The first kappa shape index (κ1) is 10.9. The van der Waals surface area contributed by atoms with Crippen molar-refractivity contribution >= 4 is 0 Å². The molecule has 0 fully saturated rings. The number of unbranched alkanes of at least 4 members (excludes halogenated alkanes) is 1. The monoisotopic (exact) mass is 162 g/mol. The molecule has 0 aliphatic heterocycles. The number of aliphatic hydroxyl groups is 2. The summed E-state index contributed by atoms with van der Waals surface area (Å²) in [5.41, 5.74) is 0. The molecule has 0 amide bonds. The van der Waals surface area contributed by atoms with Crippen molar-refractivity contribution in [2.45, 2.75) is 45.5 Å². The Morgan fingerprint density at radius 3 is 2.36 bits per heavy atom. The molecule has 0 rings (SSSR count). The largest absolute Gasteiger partial charge is 0.396 e. The SMILES string of the molecule is CC(C)OC(O)CCCCO. The number of ether oxygens (including phenoxy) is 1. The van der Waals surface area contributed by atoms with Crippen molar-refractivity contribution in [1.29, 1.82) is 0 Å². The fraction of sp³-hybridized carbons (Fsp3) is 1.00. The fourth-order valence-electron chi connectivity index (χ4n) is 0.813. The highest BCUT2D eigenvalue weighted by Gasteiger charge is 2.04. The Morgan fingerprint density at radius 2 is 1.91 bits per heavy atom. The number of hydrogen-bond acceptors (Lipinski definition) is 3. The molecule has 0 heterocycles. The van der Waals surface area contributed by atoms with Gasteiger partial charge in [0.2, 0.25) is 0 Å². The zero-order valence-corrected chi connectivity index (χ0v) is 7.29. The predicted molar refractivity (Wildman–Crippen MR) is 43.2 cm³/mol. The molecule has 68 valence electrons. The molecular weight excluding hydrogens is 144 g/mol. The van der Waals surface area contributed by atoms with E-state index in [2.05, 4.69) is 0 Å². The van der Waals surface area contributed by atoms with E-state index in [1.807, 2.05) is 13.8 Å². The number of hydrogen-bond donors (Lipinski definition) is 2. The van der Waals surface area contributed by atoms with Gasteiger partial charge in [-0.2, -0.15) is 0 Å². The van der Waals surface area contributed by atoms with Crippen molar-refractivity contribution in [2.24, 2.45) is 0 Å². The van der Waals surface area contributed by atoms with Crippen LogP contribution in [0, 0.1) is 0 Å². The van der Waals surface area contributed by atoms with E-state index >= 15 is 0 Å². The Morgan fingerprint density at radius 1 is 1.27 bits per heavy atom. The van der Waals surface area contributed by atoms with Crippen LogP contribution in [0.4, 0.5) is 0 Å². The average Bonchev–Trinajstić information content (AvgIpc) is 1.86. The topological polar surface area (TPSA) is 49.7 Å². The van der Waals surface area contributed by atoms with Gasteiger partial charge in [0.15, 0.2) is 6.29 Å². The van der Waals surface area contributed by atoms with Gasteiger partial charge in [0.1, 0.15) is 0 Å². The molecule has 0 saturated carbocycles. The van der Waals surface area contributed by atoms with E-state index in [-0.39, 0.29) is 12.7 Å². The van der Waals surface area contributed by atoms with E-state index in [9.17, 15) is 0 Å². The number of aliphatic hydroxyl groups excluding tert-OH is 2.